The second kappa shape index (κ2) is 11.3. The molecule has 2 aromatic carbocycles. The number of hydrogen-bond donors (Lipinski definition) is 6. The fourth-order valence-electron chi connectivity index (χ4n) is 4.70. The summed E-state index contributed by atoms with van der Waals surface area (Å²) in [6, 6.07) is 9.40. The van der Waals surface area contributed by atoms with Crippen LogP contribution in [0.2, 0.25) is 0 Å². The number of phenols is 1. The van der Waals surface area contributed by atoms with E-state index in [1.165, 1.54) is 26.4 Å². The minimum absolute atomic E-state index is 0.00398. The van der Waals surface area contributed by atoms with E-state index >= 15 is 0 Å². The number of ether oxygens (including phenoxy) is 5. The Kier molecular flexibility index (Phi) is 8.31. The maximum atomic E-state index is 12.6. The van der Waals surface area contributed by atoms with Gasteiger partial charge in [0.1, 0.15) is 24.4 Å². The van der Waals surface area contributed by atoms with Gasteiger partial charge in [0.05, 0.1) is 27.4 Å². The number of carbonyl (C=O) groups is 1. The van der Waals surface area contributed by atoms with Crippen molar-refractivity contribution in [3.8, 4) is 23.0 Å². The number of esters is 1. The molecule has 2 heterocycles. The number of methoxy groups -OCH3 is 2. The number of hydrogen-bond acceptors (Lipinski definition) is 12. The molecule has 2 saturated heterocycles. The third kappa shape index (κ3) is 5.37. The fraction of sp³-hybridized carbons (Fsp3) is 0.500. The van der Waals surface area contributed by atoms with Gasteiger partial charge in [-0.15, -0.1) is 0 Å². The van der Waals surface area contributed by atoms with Crippen molar-refractivity contribution in [3.05, 3.63) is 47.5 Å². The smallest absolute Gasteiger partial charge is 0.338 e. The molecule has 12 heteroatoms. The number of aliphatic hydroxyl groups is 5. The second-order valence-electron chi connectivity index (χ2n) is 9.41. The van der Waals surface area contributed by atoms with E-state index in [2.05, 4.69) is 0 Å². The Morgan fingerprint density at radius 3 is 2.32 bits per heavy atom. The van der Waals surface area contributed by atoms with Gasteiger partial charge in [0.2, 0.25) is 6.29 Å². The van der Waals surface area contributed by atoms with Crippen molar-refractivity contribution in [2.75, 3.05) is 27.4 Å². The molecule has 2 aliphatic rings. The molecule has 38 heavy (non-hydrogen) atoms. The fourth-order valence-corrected chi connectivity index (χ4v) is 4.70. The van der Waals surface area contributed by atoms with Crippen molar-refractivity contribution in [2.24, 2.45) is 5.92 Å². The van der Waals surface area contributed by atoms with Gasteiger partial charge in [-0.1, -0.05) is 12.1 Å². The molecule has 12 nitrogen and oxygen atoms in total. The molecule has 0 bridgehead atoms. The van der Waals surface area contributed by atoms with E-state index in [4.69, 9.17) is 23.7 Å². The summed E-state index contributed by atoms with van der Waals surface area (Å²) < 4.78 is 26.8. The Morgan fingerprint density at radius 1 is 0.947 bits per heavy atom. The quantitative estimate of drug-likeness (QED) is 0.221. The maximum absolute atomic E-state index is 12.6. The Hall–Kier alpha value is -3.13. The van der Waals surface area contributed by atoms with Gasteiger partial charge >= 0.3 is 5.97 Å². The monoisotopic (exact) mass is 536 g/mol. The molecule has 4 rings (SSSR count). The zero-order valence-electron chi connectivity index (χ0n) is 20.9. The number of cyclic esters (lactones) is 1. The summed E-state index contributed by atoms with van der Waals surface area (Å²) in [5.74, 6) is -0.788. The lowest BCUT2D eigenvalue weighted by molar-refractivity contribution is -0.277. The minimum atomic E-state index is -1.82. The van der Waals surface area contributed by atoms with E-state index in [0.717, 1.165) is 0 Å². The summed E-state index contributed by atoms with van der Waals surface area (Å²) in [7, 11) is 2.80. The average molecular weight is 537 g/mol. The van der Waals surface area contributed by atoms with E-state index < -0.39 is 54.8 Å². The molecule has 0 aromatic heterocycles. The molecule has 2 aliphatic heterocycles. The van der Waals surface area contributed by atoms with Crippen molar-refractivity contribution < 1.29 is 59.1 Å². The van der Waals surface area contributed by atoms with Crippen LogP contribution in [0, 0.1) is 5.92 Å². The van der Waals surface area contributed by atoms with Crippen molar-refractivity contribution in [2.45, 2.75) is 49.1 Å². The molecule has 208 valence electrons. The number of aliphatic hydroxyl groups excluding tert-OH is 4. The maximum Gasteiger partial charge on any atom is 0.338 e. The Morgan fingerprint density at radius 2 is 1.63 bits per heavy atom. The van der Waals surface area contributed by atoms with Crippen LogP contribution in [0.5, 0.6) is 23.0 Å². The highest BCUT2D eigenvalue weighted by atomic mass is 16.7. The van der Waals surface area contributed by atoms with E-state index in [1.54, 1.807) is 24.3 Å². The van der Waals surface area contributed by atoms with Gasteiger partial charge in [-0.05, 0) is 41.8 Å². The summed E-state index contributed by atoms with van der Waals surface area (Å²) in [5, 5.41) is 60.8. The zero-order chi connectivity index (χ0) is 27.6. The molecule has 0 saturated carbocycles. The topological polar surface area (TPSA) is 185 Å². The Bertz CT molecular complexity index is 1140. The van der Waals surface area contributed by atoms with Gasteiger partial charge in [-0.25, -0.2) is 4.79 Å². The van der Waals surface area contributed by atoms with Crippen LogP contribution < -0.4 is 14.2 Å². The highest BCUT2D eigenvalue weighted by molar-refractivity contribution is 5.82. The van der Waals surface area contributed by atoms with Crippen molar-refractivity contribution in [1.82, 2.24) is 0 Å². The first kappa shape index (κ1) is 27.9. The molecule has 7 atom stereocenters. The zero-order valence-corrected chi connectivity index (χ0v) is 20.9. The molecule has 0 radical (unpaired) electrons. The number of benzene rings is 2. The van der Waals surface area contributed by atoms with Crippen molar-refractivity contribution in [3.63, 3.8) is 0 Å². The number of aromatic hydroxyl groups is 1. The summed E-state index contributed by atoms with van der Waals surface area (Å²) in [6.45, 7) is -0.598. The third-order valence-corrected chi connectivity index (χ3v) is 6.96. The predicted octanol–water partition coefficient (Wildman–Crippen LogP) is -0.723. The summed E-state index contributed by atoms with van der Waals surface area (Å²) >= 11 is 0. The molecular formula is C26H32O12. The van der Waals surface area contributed by atoms with Crippen molar-refractivity contribution >= 4 is 5.97 Å². The Balaban J connectivity index is 1.51. The molecule has 6 N–H and O–H groups in total. The largest absolute Gasteiger partial charge is 0.504 e. The summed E-state index contributed by atoms with van der Waals surface area (Å²) in [6.07, 6.45) is -7.03. The lowest BCUT2D eigenvalue weighted by Gasteiger charge is -2.39. The molecule has 2 fully saturated rings. The van der Waals surface area contributed by atoms with E-state index in [-0.39, 0.29) is 42.4 Å². The van der Waals surface area contributed by atoms with Crippen LogP contribution >= 0.6 is 0 Å². The first-order chi connectivity index (χ1) is 18.1. The first-order valence-corrected chi connectivity index (χ1v) is 12.0. The number of phenolic OH excluding ortho intramolecular Hbond substituents is 1. The second-order valence-corrected chi connectivity index (χ2v) is 9.41. The van der Waals surface area contributed by atoms with Crippen LogP contribution in [-0.2, 0) is 27.1 Å². The standard InChI is InChI=1S/C26H32O12/c1-34-18-9-14(3-5-16(18)28)10-26(33)15(12-36-25(26)32)7-13-4-6-17(19(8-13)35-2)37-24-23(31)22(30)21(29)20(11-27)38-24/h3-6,8-9,15,20-24,27-31,33H,7,10-12H2,1-2H3/t15-,20-,21-,22+,23-,24+,26+/m1/s1. The normalized spacial score (nSPS) is 31.1. The van der Waals surface area contributed by atoms with Crippen LogP contribution in [0.25, 0.3) is 0 Å². The van der Waals surface area contributed by atoms with Gasteiger partial charge in [0.25, 0.3) is 0 Å². The van der Waals surface area contributed by atoms with Gasteiger partial charge < -0.3 is 54.3 Å². The van der Waals surface area contributed by atoms with Crippen LogP contribution in [0.1, 0.15) is 11.1 Å². The molecule has 2 aromatic rings. The van der Waals surface area contributed by atoms with Crippen molar-refractivity contribution in [1.29, 1.82) is 0 Å². The van der Waals surface area contributed by atoms with E-state index in [1.807, 2.05) is 0 Å². The van der Waals surface area contributed by atoms with Gasteiger partial charge in [0.15, 0.2) is 28.6 Å². The molecular weight excluding hydrogens is 504 g/mol. The summed E-state index contributed by atoms with van der Waals surface area (Å²) in [5.41, 5.74) is -0.555. The molecule has 0 aliphatic carbocycles. The van der Waals surface area contributed by atoms with Crippen LogP contribution in [0.4, 0.5) is 0 Å². The number of carbonyl (C=O) groups excluding carboxylic acids is 1. The molecule has 0 spiro atoms. The summed E-state index contributed by atoms with van der Waals surface area (Å²) in [4.78, 5) is 12.6. The van der Waals surface area contributed by atoms with Crippen LogP contribution in [-0.4, -0.2) is 100 Å². The highest BCUT2D eigenvalue weighted by Gasteiger charge is 2.51. The van der Waals surface area contributed by atoms with Gasteiger partial charge in [-0.2, -0.15) is 0 Å². The van der Waals surface area contributed by atoms with Gasteiger partial charge in [0, 0.05) is 12.3 Å². The van der Waals surface area contributed by atoms with Gasteiger partial charge in [-0.3, -0.25) is 0 Å². The molecule has 0 amide bonds. The van der Waals surface area contributed by atoms with E-state index in [9.17, 15) is 35.4 Å². The van der Waals surface area contributed by atoms with E-state index in [0.29, 0.717) is 11.1 Å². The minimum Gasteiger partial charge on any atom is -0.504 e. The van der Waals surface area contributed by atoms with Crippen LogP contribution in [0.3, 0.4) is 0 Å². The SMILES string of the molecule is COc1cc(C[C@@]2(O)C(=O)OC[C@H]2Cc2ccc(O[C@H]3O[C@H](CO)[C@@H](O)[C@H](O)[C@H]3O)c(OC)c2)ccc1O. The first-order valence-electron chi connectivity index (χ1n) is 12.0. The number of rotatable bonds is 9. The lowest BCUT2D eigenvalue weighted by Crippen LogP contribution is -2.60. The lowest BCUT2D eigenvalue weighted by atomic mass is 9.81. The molecule has 0 unspecified atom stereocenters. The predicted molar refractivity (Wildman–Crippen MR) is 129 cm³/mol. The van der Waals surface area contributed by atoms with Crippen LogP contribution in [0.15, 0.2) is 36.4 Å². The highest BCUT2D eigenvalue weighted by Crippen LogP contribution is 2.37. The third-order valence-electron chi connectivity index (χ3n) is 6.96. The Labute approximate surface area is 218 Å². The average Bonchev–Trinajstić information content (AvgIpc) is 3.18.